The van der Waals surface area contributed by atoms with Crippen LogP contribution in [0.2, 0.25) is 5.54 Å². The topological polar surface area (TPSA) is 54.0 Å². The molecule has 0 saturated heterocycles. The molecule has 0 bridgehead atoms. The van der Waals surface area contributed by atoms with Gasteiger partial charge in [-0.2, -0.15) is 0 Å². The van der Waals surface area contributed by atoms with E-state index in [0.717, 1.165) is 19.3 Å². The smallest absolute Gasteiger partial charge is 0.462 e. The van der Waals surface area contributed by atoms with Gasteiger partial charge in [0.25, 0.3) is 0 Å². The van der Waals surface area contributed by atoms with Crippen molar-refractivity contribution in [2.45, 2.75) is 59.4 Å². The van der Waals surface area contributed by atoms with E-state index in [-0.39, 0.29) is 11.5 Å². The Kier molecular flexibility index (Phi) is 11.4. The van der Waals surface area contributed by atoms with E-state index in [1.165, 1.54) is 0 Å². The van der Waals surface area contributed by atoms with Crippen molar-refractivity contribution in [3.05, 3.63) is 12.2 Å². The largest absolute Gasteiger partial charge is 0.504 e. The van der Waals surface area contributed by atoms with Gasteiger partial charge in [-0.05, 0) is 47.0 Å². The Morgan fingerprint density at radius 1 is 1.05 bits per heavy atom. The molecule has 0 N–H and O–H groups in total. The van der Waals surface area contributed by atoms with Crippen molar-refractivity contribution in [2.75, 3.05) is 26.4 Å². The number of carbonyl (C=O) groups is 1. The van der Waals surface area contributed by atoms with Crippen LogP contribution in [-0.4, -0.2) is 41.2 Å². The zero-order valence-electron chi connectivity index (χ0n) is 14.8. The molecule has 22 heavy (non-hydrogen) atoms. The number of ether oxygens (including phenoxy) is 1. The number of esters is 1. The molecule has 5 nitrogen and oxygen atoms in total. The Labute approximate surface area is 136 Å². The van der Waals surface area contributed by atoms with Gasteiger partial charge < -0.3 is 18.0 Å². The van der Waals surface area contributed by atoms with E-state index in [2.05, 4.69) is 13.5 Å². The van der Waals surface area contributed by atoms with Crippen LogP contribution in [0.1, 0.15) is 53.9 Å². The summed E-state index contributed by atoms with van der Waals surface area (Å²) in [7, 11) is -2.68. The van der Waals surface area contributed by atoms with E-state index in [1.807, 2.05) is 20.8 Å². The molecule has 0 aromatic rings. The van der Waals surface area contributed by atoms with Crippen LogP contribution >= 0.6 is 0 Å². The molecular weight excluding hydrogens is 300 g/mol. The van der Waals surface area contributed by atoms with Crippen LogP contribution in [0, 0.1) is 0 Å². The first kappa shape index (κ1) is 21.3. The summed E-state index contributed by atoms with van der Waals surface area (Å²) in [6.07, 6.45) is 2.53. The average molecular weight is 333 g/mol. The Morgan fingerprint density at radius 3 is 1.91 bits per heavy atom. The van der Waals surface area contributed by atoms with E-state index >= 15 is 0 Å². The summed E-state index contributed by atoms with van der Waals surface area (Å²) in [6, 6.07) is 0. The van der Waals surface area contributed by atoms with Crippen LogP contribution in [-0.2, 0) is 22.8 Å². The van der Waals surface area contributed by atoms with E-state index < -0.39 is 8.80 Å². The lowest BCUT2D eigenvalue weighted by atomic mass is 10.2. The normalized spacial score (nSPS) is 13.0. The highest BCUT2D eigenvalue weighted by Gasteiger charge is 2.47. The lowest BCUT2D eigenvalue weighted by molar-refractivity contribution is -0.139. The van der Waals surface area contributed by atoms with Gasteiger partial charge in [0, 0.05) is 30.9 Å². The van der Waals surface area contributed by atoms with E-state index in [4.69, 9.17) is 18.0 Å². The highest BCUT2D eigenvalue weighted by Crippen LogP contribution is 2.33. The fourth-order valence-electron chi connectivity index (χ4n) is 2.33. The van der Waals surface area contributed by atoms with Crippen molar-refractivity contribution >= 4 is 14.8 Å². The maximum absolute atomic E-state index is 11.4. The van der Waals surface area contributed by atoms with E-state index in [0.29, 0.717) is 32.0 Å². The molecule has 0 aliphatic heterocycles. The summed E-state index contributed by atoms with van der Waals surface area (Å²) in [5.74, 6) is -0.337. The van der Waals surface area contributed by atoms with E-state index in [1.54, 1.807) is 6.92 Å². The van der Waals surface area contributed by atoms with Crippen LogP contribution in [0.4, 0.5) is 0 Å². The second-order valence-corrected chi connectivity index (χ2v) is 7.96. The van der Waals surface area contributed by atoms with Crippen molar-refractivity contribution < 1.29 is 22.8 Å². The molecule has 0 radical (unpaired) electrons. The molecule has 0 aliphatic rings. The predicted molar refractivity (Wildman–Crippen MR) is 89.7 cm³/mol. The van der Waals surface area contributed by atoms with Crippen molar-refractivity contribution in [3.8, 4) is 0 Å². The molecule has 0 heterocycles. The predicted octanol–water partition coefficient (Wildman–Crippen LogP) is 3.71. The number of rotatable bonds is 13. The van der Waals surface area contributed by atoms with Gasteiger partial charge >= 0.3 is 14.8 Å². The number of hydrogen-bond donors (Lipinski definition) is 0. The summed E-state index contributed by atoms with van der Waals surface area (Å²) in [5.41, 5.74) is 0.643. The average Bonchev–Trinajstić information content (AvgIpc) is 2.47. The molecule has 0 amide bonds. The van der Waals surface area contributed by atoms with Crippen LogP contribution in [0.5, 0.6) is 0 Å². The Balaban J connectivity index is 4.64. The van der Waals surface area contributed by atoms with Crippen molar-refractivity contribution in [2.24, 2.45) is 0 Å². The molecule has 0 aromatic heterocycles. The molecule has 0 aliphatic carbocycles. The number of hydrogen-bond acceptors (Lipinski definition) is 5. The lowest BCUT2D eigenvalue weighted by Gasteiger charge is -2.34. The Morgan fingerprint density at radius 2 is 1.55 bits per heavy atom. The minimum Gasteiger partial charge on any atom is -0.462 e. The van der Waals surface area contributed by atoms with Gasteiger partial charge in [-0.3, -0.25) is 0 Å². The quantitative estimate of drug-likeness (QED) is 0.223. The molecule has 1 unspecified atom stereocenters. The fraction of sp³-hybridized carbons (Fsp3) is 0.812. The van der Waals surface area contributed by atoms with Gasteiger partial charge in [0.05, 0.1) is 6.61 Å². The first-order chi connectivity index (χ1) is 10.5. The third kappa shape index (κ3) is 7.04. The van der Waals surface area contributed by atoms with Gasteiger partial charge in [0.2, 0.25) is 0 Å². The second-order valence-electron chi connectivity index (χ2n) is 5.07. The zero-order chi connectivity index (χ0) is 17.0. The summed E-state index contributed by atoms with van der Waals surface area (Å²) >= 11 is 0. The summed E-state index contributed by atoms with van der Waals surface area (Å²) in [6.45, 7) is 15.3. The Bertz CT molecular complexity index is 315. The van der Waals surface area contributed by atoms with Crippen molar-refractivity contribution in [1.29, 1.82) is 0 Å². The van der Waals surface area contributed by atoms with Crippen LogP contribution in [0.25, 0.3) is 0 Å². The monoisotopic (exact) mass is 332 g/mol. The van der Waals surface area contributed by atoms with Gasteiger partial charge in [-0.1, -0.05) is 13.5 Å². The first-order valence-corrected chi connectivity index (χ1v) is 10.0. The second kappa shape index (κ2) is 11.8. The SMILES string of the molecule is C=C(C)C(=O)OCCCC(CC)[Si](OCC)(OCC)OCC. The molecule has 0 fully saturated rings. The zero-order valence-corrected chi connectivity index (χ0v) is 15.8. The molecule has 0 rings (SSSR count). The Hall–Kier alpha value is -0.693. The van der Waals surface area contributed by atoms with Crippen molar-refractivity contribution in [1.82, 2.24) is 0 Å². The third-order valence-electron chi connectivity index (χ3n) is 3.31. The lowest BCUT2D eigenvalue weighted by Crippen LogP contribution is -2.50. The summed E-state index contributed by atoms with van der Waals surface area (Å²) in [4.78, 5) is 11.4. The molecule has 6 heteroatoms. The highest BCUT2D eigenvalue weighted by molar-refractivity contribution is 6.62. The highest BCUT2D eigenvalue weighted by atomic mass is 28.4. The standard InChI is InChI=1S/C16H32O5Si/c1-7-15(12-11-13-18-16(17)14(5)6)22(19-8-2,20-9-3)21-10-4/h15H,5,7-13H2,1-4,6H3. The molecule has 0 spiro atoms. The maximum Gasteiger partial charge on any atom is 0.504 e. The molecular formula is C16H32O5Si. The molecule has 130 valence electrons. The number of carbonyl (C=O) groups excluding carboxylic acids is 1. The van der Waals surface area contributed by atoms with Gasteiger partial charge in [-0.15, -0.1) is 0 Å². The maximum atomic E-state index is 11.4. The minimum atomic E-state index is -2.68. The van der Waals surface area contributed by atoms with Crippen LogP contribution in [0.3, 0.4) is 0 Å². The van der Waals surface area contributed by atoms with Gasteiger partial charge in [0.1, 0.15) is 0 Å². The molecule has 0 saturated carbocycles. The van der Waals surface area contributed by atoms with E-state index in [9.17, 15) is 4.79 Å². The molecule has 0 aromatic carbocycles. The third-order valence-corrected chi connectivity index (χ3v) is 7.08. The first-order valence-electron chi connectivity index (χ1n) is 8.21. The van der Waals surface area contributed by atoms with Gasteiger partial charge in [0.15, 0.2) is 0 Å². The van der Waals surface area contributed by atoms with Crippen molar-refractivity contribution in [3.63, 3.8) is 0 Å². The summed E-state index contributed by atoms with van der Waals surface area (Å²) < 4.78 is 23.0. The summed E-state index contributed by atoms with van der Waals surface area (Å²) in [5, 5.41) is 0. The molecule has 1 atom stereocenters. The van der Waals surface area contributed by atoms with Crippen LogP contribution < -0.4 is 0 Å². The van der Waals surface area contributed by atoms with Gasteiger partial charge in [-0.25, -0.2) is 4.79 Å². The van der Waals surface area contributed by atoms with Crippen LogP contribution in [0.15, 0.2) is 12.2 Å². The fourth-order valence-corrected chi connectivity index (χ4v) is 5.55. The minimum absolute atomic E-state index is 0.218.